The predicted molar refractivity (Wildman–Crippen MR) is 87.6 cm³/mol. The van der Waals surface area contributed by atoms with E-state index in [2.05, 4.69) is 5.32 Å². The summed E-state index contributed by atoms with van der Waals surface area (Å²) in [4.78, 5) is 11.8. The number of hydrogen-bond acceptors (Lipinski definition) is 4. The maximum atomic E-state index is 11.8. The Labute approximate surface area is 131 Å². The van der Waals surface area contributed by atoms with E-state index < -0.39 is 0 Å². The van der Waals surface area contributed by atoms with Crippen molar-refractivity contribution in [3.8, 4) is 5.75 Å². The number of benzene rings is 2. The first-order valence-corrected chi connectivity index (χ1v) is 7.31. The Morgan fingerprint density at radius 1 is 1.14 bits per heavy atom. The van der Waals surface area contributed by atoms with E-state index >= 15 is 0 Å². The van der Waals surface area contributed by atoms with Crippen LogP contribution in [-0.2, 0) is 4.74 Å². The fraction of sp³-hybridized carbons (Fsp3) is 0.278. The highest BCUT2D eigenvalue weighted by Gasteiger charge is 2.11. The molecule has 0 amide bonds. The van der Waals surface area contributed by atoms with Gasteiger partial charge in [0.25, 0.3) is 0 Å². The largest absolute Gasteiger partial charge is 0.494 e. The first-order chi connectivity index (χ1) is 10.7. The fourth-order valence-corrected chi connectivity index (χ4v) is 2.09. The average molecular weight is 299 g/mol. The summed E-state index contributed by atoms with van der Waals surface area (Å²) in [7, 11) is 1.39. The molecule has 0 unspecified atom stereocenters. The van der Waals surface area contributed by atoms with Crippen molar-refractivity contribution in [2.24, 2.45) is 0 Å². The summed E-state index contributed by atoms with van der Waals surface area (Å²) < 4.78 is 10.4. The fourth-order valence-electron chi connectivity index (χ4n) is 2.09. The van der Waals surface area contributed by atoms with E-state index in [1.165, 1.54) is 7.11 Å². The number of nitrogens with one attached hydrogen (secondary N) is 1. The lowest BCUT2D eigenvalue weighted by atomic mass is 10.1. The number of carbonyl (C=O) groups is 1. The van der Waals surface area contributed by atoms with Crippen molar-refractivity contribution in [2.75, 3.05) is 25.6 Å². The van der Waals surface area contributed by atoms with Crippen LogP contribution in [0.15, 0.2) is 48.5 Å². The normalized spacial score (nSPS) is 10.1. The Kier molecular flexibility index (Phi) is 5.83. The Balaban J connectivity index is 1.83. The molecule has 0 fully saturated rings. The minimum Gasteiger partial charge on any atom is -0.494 e. The lowest BCUT2D eigenvalue weighted by Gasteiger charge is -2.12. The Bertz CT molecular complexity index is 611. The van der Waals surface area contributed by atoms with Gasteiger partial charge < -0.3 is 14.8 Å². The van der Waals surface area contributed by atoms with Crippen molar-refractivity contribution in [1.29, 1.82) is 0 Å². The molecule has 0 aliphatic rings. The lowest BCUT2D eigenvalue weighted by Crippen LogP contribution is -2.11. The highest BCUT2D eigenvalue weighted by Crippen LogP contribution is 2.18. The monoisotopic (exact) mass is 299 g/mol. The van der Waals surface area contributed by atoms with Crippen LogP contribution in [0.4, 0.5) is 5.69 Å². The van der Waals surface area contributed by atoms with Crippen LogP contribution in [0.2, 0.25) is 0 Å². The molecule has 1 N–H and O–H groups in total. The van der Waals surface area contributed by atoms with Crippen LogP contribution in [0.3, 0.4) is 0 Å². The smallest absolute Gasteiger partial charge is 0.339 e. The molecule has 0 saturated heterocycles. The van der Waals surface area contributed by atoms with E-state index in [0.29, 0.717) is 12.2 Å². The summed E-state index contributed by atoms with van der Waals surface area (Å²) in [6, 6.07) is 15.4. The second-order valence-corrected chi connectivity index (χ2v) is 4.98. The molecule has 0 bridgehead atoms. The number of rotatable bonds is 7. The minimum absolute atomic E-state index is 0.327. The molecule has 4 heteroatoms. The summed E-state index contributed by atoms with van der Waals surface area (Å²) in [5, 5.41) is 3.26. The minimum atomic E-state index is -0.327. The molecule has 0 aromatic heterocycles. The second kappa shape index (κ2) is 8.08. The van der Waals surface area contributed by atoms with E-state index in [9.17, 15) is 4.79 Å². The van der Waals surface area contributed by atoms with Gasteiger partial charge >= 0.3 is 5.97 Å². The molecule has 0 atom stereocenters. The highest BCUT2D eigenvalue weighted by molar-refractivity contribution is 5.95. The summed E-state index contributed by atoms with van der Waals surface area (Å²) in [5.41, 5.74) is 2.38. The quantitative estimate of drug-likeness (QED) is 0.626. The van der Waals surface area contributed by atoms with Gasteiger partial charge in [-0.2, -0.15) is 0 Å². The molecule has 0 aliphatic heterocycles. The number of esters is 1. The van der Waals surface area contributed by atoms with Crippen molar-refractivity contribution < 1.29 is 14.3 Å². The van der Waals surface area contributed by atoms with Crippen molar-refractivity contribution >= 4 is 11.7 Å². The van der Waals surface area contributed by atoms with Gasteiger partial charge in [-0.05, 0) is 37.6 Å². The zero-order valence-electron chi connectivity index (χ0n) is 13.0. The van der Waals surface area contributed by atoms with Crippen LogP contribution in [0.25, 0.3) is 0 Å². The van der Waals surface area contributed by atoms with Crippen LogP contribution < -0.4 is 10.1 Å². The standard InChI is InChI=1S/C18H21NO3/c1-14-9-10-17(16(13-14)18(20)21-2)19-11-6-12-22-15-7-4-3-5-8-15/h3-5,7-10,13,19H,6,11-12H2,1-2H3. The molecule has 0 radical (unpaired) electrons. The number of carbonyl (C=O) groups excluding carboxylic acids is 1. The highest BCUT2D eigenvalue weighted by atomic mass is 16.5. The molecule has 0 spiro atoms. The van der Waals surface area contributed by atoms with Gasteiger partial charge in [-0.3, -0.25) is 0 Å². The van der Waals surface area contributed by atoms with Crippen LogP contribution in [-0.4, -0.2) is 26.2 Å². The van der Waals surface area contributed by atoms with Crippen LogP contribution in [0, 0.1) is 6.92 Å². The molecular formula is C18H21NO3. The molecule has 2 aromatic carbocycles. The molecule has 0 saturated carbocycles. The summed E-state index contributed by atoms with van der Waals surface area (Å²) >= 11 is 0. The molecular weight excluding hydrogens is 278 g/mol. The SMILES string of the molecule is COC(=O)c1cc(C)ccc1NCCCOc1ccccc1. The summed E-state index contributed by atoms with van der Waals surface area (Å²) in [6.45, 7) is 3.29. The van der Waals surface area contributed by atoms with Gasteiger partial charge in [0.15, 0.2) is 0 Å². The lowest BCUT2D eigenvalue weighted by molar-refractivity contribution is 0.0601. The van der Waals surface area contributed by atoms with E-state index in [-0.39, 0.29) is 5.97 Å². The molecule has 0 aliphatic carbocycles. The molecule has 116 valence electrons. The third-order valence-corrected chi connectivity index (χ3v) is 3.23. The number of ether oxygens (including phenoxy) is 2. The van der Waals surface area contributed by atoms with Crippen LogP contribution in [0.5, 0.6) is 5.75 Å². The first-order valence-electron chi connectivity index (χ1n) is 7.31. The Morgan fingerprint density at radius 3 is 2.64 bits per heavy atom. The molecule has 22 heavy (non-hydrogen) atoms. The van der Waals surface area contributed by atoms with Crippen molar-refractivity contribution in [3.05, 3.63) is 59.7 Å². The number of anilines is 1. The van der Waals surface area contributed by atoms with Crippen molar-refractivity contribution in [2.45, 2.75) is 13.3 Å². The third kappa shape index (κ3) is 4.52. The van der Waals surface area contributed by atoms with Gasteiger partial charge in [-0.1, -0.05) is 29.8 Å². The Hall–Kier alpha value is -2.49. The predicted octanol–water partition coefficient (Wildman–Crippen LogP) is 3.66. The zero-order chi connectivity index (χ0) is 15.8. The third-order valence-electron chi connectivity index (χ3n) is 3.23. The number of hydrogen-bond donors (Lipinski definition) is 1. The summed E-state index contributed by atoms with van der Waals surface area (Å²) in [5.74, 6) is 0.542. The topological polar surface area (TPSA) is 47.6 Å². The van der Waals surface area contributed by atoms with Gasteiger partial charge in [0.05, 0.1) is 19.3 Å². The molecule has 0 heterocycles. The molecule has 4 nitrogen and oxygen atoms in total. The van der Waals surface area contributed by atoms with Gasteiger partial charge in [-0.15, -0.1) is 0 Å². The molecule has 2 rings (SSSR count). The number of methoxy groups -OCH3 is 1. The van der Waals surface area contributed by atoms with E-state index in [4.69, 9.17) is 9.47 Å². The maximum absolute atomic E-state index is 11.8. The van der Waals surface area contributed by atoms with E-state index in [1.807, 2.05) is 55.5 Å². The second-order valence-electron chi connectivity index (χ2n) is 4.98. The first kappa shape index (κ1) is 15.9. The van der Waals surface area contributed by atoms with E-state index in [1.54, 1.807) is 0 Å². The van der Waals surface area contributed by atoms with E-state index in [0.717, 1.165) is 30.0 Å². The van der Waals surface area contributed by atoms with Crippen LogP contribution in [0.1, 0.15) is 22.3 Å². The van der Waals surface area contributed by atoms with Gasteiger partial charge in [0.1, 0.15) is 5.75 Å². The maximum Gasteiger partial charge on any atom is 0.339 e. The van der Waals surface area contributed by atoms with Gasteiger partial charge in [-0.25, -0.2) is 4.79 Å². The Morgan fingerprint density at radius 2 is 1.91 bits per heavy atom. The number of para-hydroxylation sites is 1. The van der Waals surface area contributed by atoms with Crippen molar-refractivity contribution in [1.82, 2.24) is 0 Å². The number of aryl methyl sites for hydroxylation is 1. The molecule has 2 aromatic rings. The van der Waals surface area contributed by atoms with Gasteiger partial charge in [0.2, 0.25) is 0 Å². The van der Waals surface area contributed by atoms with Crippen LogP contribution >= 0.6 is 0 Å². The van der Waals surface area contributed by atoms with Crippen molar-refractivity contribution in [3.63, 3.8) is 0 Å². The summed E-state index contributed by atoms with van der Waals surface area (Å²) in [6.07, 6.45) is 0.837. The average Bonchev–Trinajstić information content (AvgIpc) is 2.56. The zero-order valence-corrected chi connectivity index (χ0v) is 13.0. The van der Waals surface area contributed by atoms with Gasteiger partial charge in [0, 0.05) is 12.2 Å².